The van der Waals surface area contributed by atoms with Crippen LogP contribution in [0.1, 0.15) is 125 Å². The molecule has 232 valence electrons. The van der Waals surface area contributed by atoms with Gasteiger partial charge in [-0.05, 0) is 31.5 Å². The zero-order valence-electron chi connectivity index (χ0n) is 26.6. The van der Waals surface area contributed by atoms with Crippen molar-refractivity contribution in [2.45, 2.75) is 117 Å². The van der Waals surface area contributed by atoms with Crippen molar-refractivity contribution in [1.82, 2.24) is 0 Å². The number of benzene rings is 2. The molecule has 43 heavy (non-hydrogen) atoms. The van der Waals surface area contributed by atoms with Gasteiger partial charge in [0.25, 0.3) is 0 Å². The van der Waals surface area contributed by atoms with E-state index in [1.54, 1.807) is 13.0 Å². The van der Waals surface area contributed by atoms with Crippen LogP contribution in [0.2, 0.25) is 0 Å². The van der Waals surface area contributed by atoms with E-state index in [0.29, 0.717) is 17.9 Å². The van der Waals surface area contributed by atoms with Crippen LogP contribution >= 0.6 is 0 Å². The first-order valence-corrected chi connectivity index (χ1v) is 16.7. The molecule has 1 aromatic heterocycles. The van der Waals surface area contributed by atoms with Crippen LogP contribution in [0.15, 0.2) is 73.1 Å². The van der Waals surface area contributed by atoms with Gasteiger partial charge in [0, 0.05) is 28.9 Å². The third-order valence-corrected chi connectivity index (χ3v) is 7.95. The number of pyridine rings is 1. The molecule has 3 aromatic rings. The van der Waals surface area contributed by atoms with Crippen LogP contribution in [0.3, 0.4) is 0 Å². The molecule has 0 spiro atoms. The molecule has 3 rings (SSSR count). The largest absolute Gasteiger partial charge is 0.493 e. The van der Waals surface area contributed by atoms with Crippen molar-refractivity contribution in [1.29, 1.82) is 0 Å². The fourth-order valence-corrected chi connectivity index (χ4v) is 5.46. The molecule has 0 aliphatic heterocycles. The molecule has 0 unspecified atom stereocenters. The molecule has 2 aromatic carbocycles. The van der Waals surface area contributed by atoms with Gasteiger partial charge in [0.15, 0.2) is 24.7 Å². The fraction of sp³-hybridized carbons (Fsp3) is 0.500. The number of carbonyl (C=O) groups is 2. The summed E-state index contributed by atoms with van der Waals surface area (Å²) in [5, 5.41) is 2.99. The lowest BCUT2D eigenvalue weighted by molar-refractivity contribution is -0.688. The number of para-hydroxylation sites is 1. The van der Waals surface area contributed by atoms with Gasteiger partial charge < -0.3 is 10.1 Å². The van der Waals surface area contributed by atoms with E-state index in [-0.39, 0.29) is 18.1 Å². The Morgan fingerprint density at radius 3 is 1.86 bits per heavy atom. The maximum Gasteiger partial charge on any atom is 0.228 e. The minimum atomic E-state index is -0.132. The fourth-order valence-electron chi connectivity index (χ4n) is 5.46. The van der Waals surface area contributed by atoms with E-state index in [1.807, 2.05) is 67.0 Å². The second-order valence-electron chi connectivity index (χ2n) is 11.8. The predicted molar refractivity (Wildman–Crippen MR) is 177 cm³/mol. The van der Waals surface area contributed by atoms with Crippen LogP contribution in [-0.2, 0) is 17.8 Å². The maximum absolute atomic E-state index is 12.9. The lowest BCUT2D eigenvalue weighted by Gasteiger charge is -2.15. The minimum absolute atomic E-state index is 0.0508. The number of hydrogen-bond acceptors (Lipinski definition) is 3. The monoisotopic (exact) mass is 585 g/mol. The molecule has 0 aliphatic carbocycles. The molecule has 0 radical (unpaired) electrons. The predicted octanol–water partition coefficient (Wildman–Crippen LogP) is 9.27. The highest BCUT2D eigenvalue weighted by molar-refractivity contribution is 5.98. The van der Waals surface area contributed by atoms with Gasteiger partial charge in [-0.2, -0.15) is 0 Å². The summed E-state index contributed by atoms with van der Waals surface area (Å²) < 4.78 is 8.26. The SMILES string of the molecule is CCCCCCCCCCCCCCCCOc1c(CC(=O)Nc2ccc(C[n+]3ccccc3)cc2)cccc1C(C)=O. The minimum Gasteiger partial charge on any atom is -0.493 e. The molecule has 0 fully saturated rings. The Morgan fingerprint density at radius 2 is 1.28 bits per heavy atom. The normalized spacial score (nSPS) is 10.9. The molecular weight excluding hydrogens is 532 g/mol. The molecule has 5 nitrogen and oxygen atoms in total. The summed E-state index contributed by atoms with van der Waals surface area (Å²) in [6.45, 7) is 5.15. The van der Waals surface area contributed by atoms with Gasteiger partial charge in [0.05, 0.1) is 18.6 Å². The maximum atomic E-state index is 12.9. The Morgan fingerprint density at radius 1 is 0.698 bits per heavy atom. The molecule has 0 aliphatic rings. The van der Waals surface area contributed by atoms with E-state index in [0.717, 1.165) is 36.2 Å². The molecular formula is C38H53N2O3+. The Kier molecular flexibility index (Phi) is 16.2. The number of nitrogens with zero attached hydrogens (tertiary/aromatic N) is 1. The van der Waals surface area contributed by atoms with Crippen LogP contribution in [0.25, 0.3) is 0 Å². The van der Waals surface area contributed by atoms with Gasteiger partial charge in [-0.1, -0.05) is 121 Å². The average Bonchev–Trinajstić information content (AvgIpc) is 3.01. The van der Waals surface area contributed by atoms with Gasteiger partial charge in [0.2, 0.25) is 5.91 Å². The zero-order chi connectivity index (χ0) is 30.5. The number of rotatable bonds is 22. The van der Waals surface area contributed by atoms with E-state index in [2.05, 4.69) is 16.8 Å². The smallest absolute Gasteiger partial charge is 0.228 e. The highest BCUT2D eigenvalue weighted by Gasteiger charge is 2.16. The Hall–Kier alpha value is -3.47. The Labute approximate surface area is 260 Å². The van der Waals surface area contributed by atoms with Crippen LogP contribution in [0.4, 0.5) is 5.69 Å². The molecule has 1 heterocycles. The third-order valence-electron chi connectivity index (χ3n) is 7.95. The summed E-state index contributed by atoms with van der Waals surface area (Å²) in [5.41, 5.74) is 3.19. The average molecular weight is 586 g/mol. The van der Waals surface area contributed by atoms with Gasteiger partial charge in [-0.15, -0.1) is 0 Å². The van der Waals surface area contributed by atoms with E-state index in [9.17, 15) is 9.59 Å². The summed E-state index contributed by atoms with van der Waals surface area (Å²) in [4.78, 5) is 25.3. The van der Waals surface area contributed by atoms with Crippen molar-refractivity contribution in [3.8, 4) is 5.75 Å². The lowest BCUT2D eigenvalue weighted by Crippen LogP contribution is -2.32. The second-order valence-corrected chi connectivity index (χ2v) is 11.8. The van der Waals surface area contributed by atoms with Crippen LogP contribution < -0.4 is 14.6 Å². The van der Waals surface area contributed by atoms with Gasteiger partial charge in [-0.3, -0.25) is 9.59 Å². The van der Waals surface area contributed by atoms with Gasteiger partial charge in [-0.25, -0.2) is 4.57 Å². The number of aromatic nitrogens is 1. The van der Waals surface area contributed by atoms with Crippen molar-refractivity contribution >= 4 is 17.4 Å². The Bertz CT molecular complexity index is 1210. The van der Waals surface area contributed by atoms with Crippen molar-refractivity contribution in [3.63, 3.8) is 0 Å². The topological polar surface area (TPSA) is 59.3 Å². The summed E-state index contributed by atoms with van der Waals surface area (Å²) in [5.74, 6) is 0.368. The van der Waals surface area contributed by atoms with Crippen molar-refractivity contribution in [2.75, 3.05) is 11.9 Å². The number of hydrogen-bond donors (Lipinski definition) is 1. The standard InChI is InChI=1S/C38H52N2O3/c1-3-4-5-6-7-8-9-10-11-12-13-14-15-19-29-43-38-34(21-20-22-36(38)32(2)41)30-37(42)39-35-25-23-33(24-26-35)31-40-27-17-16-18-28-40/h16-18,20-28H,3-15,19,29-31H2,1-2H3/p+1. The number of carbonyl (C=O) groups excluding carboxylic acids is 2. The third kappa shape index (κ3) is 13.6. The quantitative estimate of drug-likeness (QED) is 0.0726. The number of anilines is 1. The van der Waals surface area contributed by atoms with Crippen LogP contribution in [0.5, 0.6) is 5.75 Å². The first kappa shape index (κ1) is 34.0. The van der Waals surface area contributed by atoms with Crippen molar-refractivity contribution in [3.05, 3.63) is 89.7 Å². The molecule has 5 heteroatoms. The van der Waals surface area contributed by atoms with E-state index < -0.39 is 0 Å². The van der Waals surface area contributed by atoms with Crippen LogP contribution in [0, 0.1) is 0 Å². The highest BCUT2D eigenvalue weighted by Crippen LogP contribution is 2.26. The summed E-state index contributed by atoms with van der Waals surface area (Å²) in [7, 11) is 0. The summed E-state index contributed by atoms with van der Waals surface area (Å²) in [6.07, 6.45) is 22.5. The van der Waals surface area contributed by atoms with Crippen molar-refractivity contribution in [2.24, 2.45) is 0 Å². The summed E-state index contributed by atoms with van der Waals surface area (Å²) >= 11 is 0. The van der Waals surface area contributed by atoms with E-state index in [4.69, 9.17) is 4.74 Å². The molecule has 1 amide bonds. The number of ether oxygens (including phenoxy) is 1. The second kappa shape index (κ2) is 20.4. The number of nitrogens with one attached hydrogen (secondary N) is 1. The number of Topliss-reactive ketones (excluding diaryl/α,β-unsaturated/α-hetero) is 1. The van der Waals surface area contributed by atoms with Gasteiger partial charge >= 0.3 is 0 Å². The highest BCUT2D eigenvalue weighted by atomic mass is 16.5. The molecule has 0 atom stereocenters. The van der Waals surface area contributed by atoms with E-state index in [1.165, 1.54) is 77.0 Å². The number of ketones is 1. The molecule has 0 saturated carbocycles. The number of unbranched alkanes of at least 4 members (excludes halogenated alkanes) is 13. The Balaban J connectivity index is 1.37. The number of amides is 1. The zero-order valence-corrected chi connectivity index (χ0v) is 26.6. The molecule has 1 N–H and O–H groups in total. The summed E-state index contributed by atoms with van der Waals surface area (Å²) in [6, 6.07) is 19.4. The molecule has 0 bridgehead atoms. The van der Waals surface area contributed by atoms with E-state index >= 15 is 0 Å². The van der Waals surface area contributed by atoms with Crippen molar-refractivity contribution < 1.29 is 18.9 Å². The van der Waals surface area contributed by atoms with Gasteiger partial charge in [0.1, 0.15) is 5.75 Å². The van der Waals surface area contributed by atoms with Crippen LogP contribution in [-0.4, -0.2) is 18.3 Å². The molecule has 0 saturated heterocycles. The lowest BCUT2D eigenvalue weighted by atomic mass is 10.0. The first-order valence-electron chi connectivity index (χ1n) is 16.7. The first-order chi connectivity index (χ1) is 21.1.